The molecule has 7 heteroatoms. The number of hydrazone groups is 1. The number of furan rings is 1. The van der Waals surface area contributed by atoms with E-state index in [1.807, 2.05) is 60.7 Å². The quantitative estimate of drug-likeness (QED) is 0.269. The summed E-state index contributed by atoms with van der Waals surface area (Å²) >= 11 is 0. The van der Waals surface area contributed by atoms with Crippen molar-refractivity contribution in [2.24, 2.45) is 5.10 Å². The van der Waals surface area contributed by atoms with Crippen LogP contribution in [0.2, 0.25) is 0 Å². The highest BCUT2D eigenvalue weighted by molar-refractivity contribution is 5.88. The molecule has 176 valence electrons. The Labute approximate surface area is 203 Å². The van der Waals surface area contributed by atoms with Crippen molar-refractivity contribution in [2.75, 3.05) is 6.61 Å². The maximum Gasteiger partial charge on any atom is 0.258 e. The number of hydrogen-bond acceptors (Lipinski definition) is 5. The van der Waals surface area contributed by atoms with Crippen LogP contribution in [0.5, 0.6) is 5.75 Å². The van der Waals surface area contributed by atoms with E-state index >= 15 is 0 Å². The van der Waals surface area contributed by atoms with Crippen LogP contribution >= 0.6 is 0 Å². The molecule has 0 fully saturated rings. The van der Waals surface area contributed by atoms with Crippen molar-refractivity contribution in [3.63, 3.8) is 0 Å². The van der Waals surface area contributed by atoms with Gasteiger partial charge in [-0.15, -0.1) is 0 Å². The molecule has 1 aromatic heterocycles. The molecule has 7 nitrogen and oxygen atoms in total. The van der Waals surface area contributed by atoms with Crippen molar-refractivity contribution in [3.05, 3.63) is 126 Å². The second-order valence-electron chi connectivity index (χ2n) is 7.70. The molecule has 2 amide bonds. The van der Waals surface area contributed by atoms with Gasteiger partial charge >= 0.3 is 0 Å². The number of carbonyl (C=O) groups excluding carboxylic acids is 2. The fourth-order valence-electron chi connectivity index (χ4n) is 3.47. The topological polar surface area (TPSA) is 92.9 Å². The van der Waals surface area contributed by atoms with Crippen LogP contribution in [-0.4, -0.2) is 24.6 Å². The third-order valence-electron chi connectivity index (χ3n) is 5.21. The van der Waals surface area contributed by atoms with Gasteiger partial charge in [-0.1, -0.05) is 60.7 Å². The highest BCUT2D eigenvalue weighted by Crippen LogP contribution is 2.24. The molecule has 35 heavy (non-hydrogen) atoms. The Morgan fingerprint density at radius 1 is 0.857 bits per heavy atom. The zero-order chi connectivity index (χ0) is 24.3. The summed E-state index contributed by atoms with van der Waals surface area (Å²) in [5, 5.41) is 6.85. The Bertz CT molecular complexity index is 1200. The molecule has 4 aromatic rings. The lowest BCUT2D eigenvalue weighted by molar-refractivity contribution is -0.123. The van der Waals surface area contributed by atoms with Crippen LogP contribution in [0.4, 0.5) is 0 Å². The van der Waals surface area contributed by atoms with Crippen molar-refractivity contribution in [1.29, 1.82) is 0 Å². The first kappa shape index (κ1) is 23.5. The number of benzene rings is 3. The first-order valence-corrected chi connectivity index (χ1v) is 11.1. The van der Waals surface area contributed by atoms with E-state index in [1.54, 1.807) is 48.9 Å². The van der Waals surface area contributed by atoms with E-state index in [2.05, 4.69) is 15.8 Å². The van der Waals surface area contributed by atoms with E-state index in [0.29, 0.717) is 18.1 Å². The lowest BCUT2D eigenvalue weighted by Gasteiger charge is -2.16. The number of nitrogens with one attached hydrogen (secondary N) is 2. The van der Waals surface area contributed by atoms with Crippen LogP contribution < -0.4 is 15.5 Å². The molecule has 0 atom stereocenters. The van der Waals surface area contributed by atoms with Crippen LogP contribution in [-0.2, 0) is 16.1 Å². The first-order chi connectivity index (χ1) is 17.2. The fourth-order valence-corrected chi connectivity index (χ4v) is 3.47. The predicted octanol–water partition coefficient (Wildman–Crippen LogP) is 4.26. The molecule has 0 bridgehead atoms. The number of hydrogen-bond donors (Lipinski definition) is 2. The van der Waals surface area contributed by atoms with Crippen molar-refractivity contribution in [3.8, 4) is 5.75 Å². The molecular formula is C28H25N3O4. The van der Waals surface area contributed by atoms with E-state index in [0.717, 1.165) is 16.7 Å². The lowest BCUT2D eigenvalue weighted by atomic mass is 9.91. The molecular weight excluding hydrogens is 442 g/mol. The molecule has 0 aliphatic carbocycles. The van der Waals surface area contributed by atoms with Gasteiger partial charge in [0.05, 0.1) is 24.9 Å². The van der Waals surface area contributed by atoms with Crippen LogP contribution in [0.3, 0.4) is 0 Å². The van der Waals surface area contributed by atoms with E-state index in [1.165, 1.54) is 0 Å². The van der Waals surface area contributed by atoms with Crippen molar-refractivity contribution < 1.29 is 18.7 Å². The second-order valence-corrected chi connectivity index (χ2v) is 7.70. The smallest absolute Gasteiger partial charge is 0.258 e. The third kappa shape index (κ3) is 6.91. The SMILES string of the molecule is O=C(COc1ccc(/C=N/NC(=O)C(c2ccccc2)c2ccccc2)cc1)NCc1ccco1. The minimum Gasteiger partial charge on any atom is -0.484 e. The van der Waals surface area contributed by atoms with Gasteiger partial charge < -0.3 is 14.5 Å². The summed E-state index contributed by atoms with van der Waals surface area (Å²) in [5.74, 6) is 0.282. The monoisotopic (exact) mass is 467 g/mol. The van der Waals surface area contributed by atoms with Gasteiger partial charge in [0.15, 0.2) is 6.61 Å². The predicted molar refractivity (Wildman–Crippen MR) is 133 cm³/mol. The maximum atomic E-state index is 13.0. The number of ether oxygens (including phenoxy) is 1. The van der Waals surface area contributed by atoms with E-state index < -0.39 is 5.92 Å². The van der Waals surface area contributed by atoms with Gasteiger partial charge in [-0.25, -0.2) is 5.43 Å². The summed E-state index contributed by atoms with van der Waals surface area (Å²) in [5.41, 5.74) is 5.20. The van der Waals surface area contributed by atoms with Crippen LogP contribution in [0, 0.1) is 0 Å². The fraction of sp³-hybridized carbons (Fsp3) is 0.107. The van der Waals surface area contributed by atoms with Gasteiger partial charge in [0.1, 0.15) is 11.5 Å². The van der Waals surface area contributed by atoms with E-state index in [9.17, 15) is 9.59 Å². The van der Waals surface area contributed by atoms with Gasteiger partial charge in [0.25, 0.3) is 11.8 Å². The van der Waals surface area contributed by atoms with E-state index in [4.69, 9.17) is 9.15 Å². The molecule has 0 unspecified atom stereocenters. The molecule has 0 saturated carbocycles. The van der Waals surface area contributed by atoms with E-state index in [-0.39, 0.29) is 18.4 Å². The Hall–Kier alpha value is -4.65. The molecule has 0 saturated heterocycles. The summed E-state index contributed by atoms with van der Waals surface area (Å²) in [4.78, 5) is 24.9. The maximum absolute atomic E-state index is 13.0. The van der Waals surface area contributed by atoms with Crippen molar-refractivity contribution in [2.45, 2.75) is 12.5 Å². The average molecular weight is 468 g/mol. The van der Waals surface area contributed by atoms with Crippen LogP contribution in [0.1, 0.15) is 28.4 Å². The molecule has 3 aromatic carbocycles. The van der Waals surface area contributed by atoms with Gasteiger partial charge in [0.2, 0.25) is 0 Å². The molecule has 0 aliphatic heterocycles. The van der Waals surface area contributed by atoms with Gasteiger partial charge in [-0.2, -0.15) is 5.10 Å². The molecule has 0 radical (unpaired) electrons. The number of amides is 2. The zero-order valence-corrected chi connectivity index (χ0v) is 19.0. The lowest BCUT2D eigenvalue weighted by Crippen LogP contribution is -2.28. The van der Waals surface area contributed by atoms with Crippen LogP contribution in [0.25, 0.3) is 0 Å². The minimum absolute atomic E-state index is 0.107. The Kier molecular flexibility index (Phi) is 8.05. The zero-order valence-electron chi connectivity index (χ0n) is 19.0. The largest absolute Gasteiger partial charge is 0.484 e. The molecule has 0 spiro atoms. The van der Waals surface area contributed by atoms with Gasteiger partial charge in [0, 0.05) is 0 Å². The number of carbonyl (C=O) groups is 2. The summed E-state index contributed by atoms with van der Waals surface area (Å²) in [6, 6.07) is 29.8. The summed E-state index contributed by atoms with van der Waals surface area (Å²) in [7, 11) is 0. The molecule has 0 aliphatic rings. The Balaban J connectivity index is 1.29. The summed E-state index contributed by atoms with van der Waals surface area (Å²) in [6.45, 7) is 0.205. The second kappa shape index (κ2) is 12.0. The van der Waals surface area contributed by atoms with Gasteiger partial charge in [-0.3, -0.25) is 9.59 Å². The summed E-state index contributed by atoms with van der Waals surface area (Å²) < 4.78 is 10.7. The van der Waals surface area contributed by atoms with Crippen LogP contribution in [0.15, 0.2) is 113 Å². The standard InChI is InChI=1S/C28H25N3O4/c32-26(29-19-25-12-7-17-34-25)20-35-24-15-13-21(14-16-24)18-30-31-28(33)27(22-8-3-1-4-9-22)23-10-5-2-6-11-23/h1-18,27H,19-20H2,(H,29,32)(H,31,33)/b30-18+. The average Bonchev–Trinajstić information content (AvgIpc) is 3.42. The van der Waals surface area contributed by atoms with Crippen molar-refractivity contribution in [1.82, 2.24) is 10.7 Å². The van der Waals surface area contributed by atoms with Gasteiger partial charge in [-0.05, 0) is 53.1 Å². The Morgan fingerprint density at radius 2 is 1.51 bits per heavy atom. The number of rotatable bonds is 10. The molecule has 4 rings (SSSR count). The number of nitrogens with zero attached hydrogens (tertiary/aromatic N) is 1. The highest BCUT2D eigenvalue weighted by atomic mass is 16.5. The molecule has 1 heterocycles. The third-order valence-corrected chi connectivity index (χ3v) is 5.21. The summed E-state index contributed by atoms with van der Waals surface area (Å²) in [6.07, 6.45) is 3.12. The highest BCUT2D eigenvalue weighted by Gasteiger charge is 2.22. The minimum atomic E-state index is -0.468. The normalized spacial score (nSPS) is 10.9. The molecule has 2 N–H and O–H groups in total. The Morgan fingerprint density at radius 3 is 2.11 bits per heavy atom. The van der Waals surface area contributed by atoms with Crippen molar-refractivity contribution >= 4 is 18.0 Å². The first-order valence-electron chi connectivity index (χ1n) is 11.1.